The molecular formula is C18H15Cl2N3O3. The van der Waals surface area contributed by atoms with Crippen LogP contribution in [0.2, 0.25) is 10.2 Å². The maximum atomic E-state index is 10.9. The molecule has 3 aromatic rings. The van der Waals surface area contributed by atoms with E-state index in [9.17, 15) is 4.79 Å². The van der Waals surface area contributed by atoms with Gasteiger partial charge in [-0.05, 0) is 37.3 Å². The quantitative estimate of drug-likeness (QED) is 0.614. The topological polar surface area (TPSA) is 84.3 Å². The summed E-state index contributed by atoms with van der Waals surface area (Å²) in [7, 11) is 0. The number of carbonyl (C=O) groups is 1. The molecule has 0 aliphatic heterocycles. The highest BCUT2D eigenvalue weighted by Gasteiger charge is 2.15. The van der Waals surface area contributed by atoms with Gasteiger partial charge in [0.25, 0.3) is 5.88 Å². The Morgan fingerprint density at radius 2 is 1.88 bits per heavy atom. The Hall–Kier alpha value is -2.57. The zero-order valence-electron chi connectivity index (χ0n) is 13.7. The highest BCUT2D eigenvalue weighted by molar-refractivity contribution is 6.31. The van der Waals surface area contributed by atoms with Crippen LogP contribution in [0.1, 0.15) is 13.3 Å². The first-order valence-corrected chi connectivity index (χ1v) is 8.56. The Morgan fingerprint density at radius 1 is 1.19 bits per heavy atom. The van der Waals surface area contributed by atoms with Gasteiger partial charge >= 0.3 is 5.97 Å². The molecule has 0 aliphatic rings. The van der Waals surface area contributed by atoms with Crippen LogP contribution in [0.3, 0.4) is 0 Å². The average molecular weight is 392 g/mol. The molecule has 1 unspecified atom stereocenters. The van der Waals surface area contributed by atoms with Gasteiger partial charge in [-0.1, -0.05) is 35.3 Å². The minimum atomic E-state index is -0.905. The second-order valence-corrected chi connectivity index (χ2v) is 6.49. The predicted molar refractivity (Wildman–Crippen MR) is 101 cm³/mol. The normalized spacial score (nSPS) is 12.0. The molecule has 0 radical (unpaired) electrons. The van der Waals surface area contributed by atoms with Gasteiger partial charge in [0.05, 0.1) is 23.1 Å². The minimum Gasteiger partial charge on any atom is -0.481 e. The summed E-state index contributed by atoms with van der Waals surface area (Å²) in [4.78, 5) is 19.5. The van der Waals surface area contributed by atoms with Crippen molar-refractivity contribution in [1.29, 1.82) is 0 Å². The van der Waals surface area contributed by atoms with Crippen LogP contribution < -0.4 is 10.1 Å². The Bertz CT molecular complexity index is 966. The van der Waals surface area contributed by atoms with Crippen molar-refractivity contribution >= 4 is 45.9 Å². The van der Waals surface area contributed by atoms with Crippen molar-refractivity contribution in [3.8, 4) is 11.6 Å². The van der Waals surface area contributed by atoms with E-state index in [-0.39, 0.29) is 23.5 Å². The monoisotopic (exact) mass is 391 g/mol. The van der Waals surface area contributed by atoms with E-state index in [2.05, 4.69) is 15.3 Å². The number of nitrogens with one attached hydrogen (secondary N) is 1. The van der Waals surface area contributed by atoms with Crippen molar-refractivity contribution in [3.05, 3.63) is 52.6 Å². The Kier molecular flexibility index (Phi) is 5.44. The Morgan fingerprint density at radius 3 is 2.58 bits per heavy atom. The number of anilines is 1. The molecule has 26 heavy (non-hydrogen) atoms. The molecule has 1 aromatic heterocycles. The van der Waals surface area contributed by atoms with Gasteiger partial charge in [-0.25, -0.2) is 9.97 Å². The maximum Gasteiger partial charge on any atom is 0.305 e. The molecule has 0 fully saturated rings. The van der Waals surface area contributed by atoms with Crippen LogP contribution in [0.15, 0.2) is 42.5 Å². The van der Waals surface area contributed by atoms with Crippen molar-refractivity contribution in [2.75, 3.05) is 5.32 Å². The van der Waals surface area contributed by atoms with Crippen molar-refractivity contribution in [3.63, 3.8) is 0 Å². The molecule has 0 aliphatic carbocycles. The molecule has 0 amide bonds. The molecule has 0 saturated heterocycles. The van der Waals surface area contributed by atoms with Crippen molar-refractivity contribution < 1.29 is 14.6 Å². The molecule has 8 heteroatoms. The van der Waals surface area contributed by atoms with Crippen molar-refractivity contribution in [2.24, 2.45) is 0 Å². The van der Waals surface area contributed by atoms with Gasteiger partial charge < -0.3 is 15.2 Å². The number of nitrogens with zero attached hydrogens (tertiary/aromatic N) is 2. The number of hydrogen-bond acceptors (Lipinski definition) is 5. The number of carboxylic acid groups (broad SMARTS) is 1. The summed E-state index contributed by atoms with van der Waals surface area (Å²) in [5, 5.41) is 12.6. The first kappa shape index (κ1) is 18.2. The average Bonchev–Trinajstić information content (AvgIpc) is 2.57. The second-order valence-electron chi connectivity index (χ2n) is 5.69. The smallest absolute Gasteiger partial charge is 0.305 e. The number of ether oxygens (including phenoxy) is 1. The highest BCUT2D eigenvalue weighted by Crippen LogP contribution is 2.34. The summed E-state index contributed by atoms with van der Waals surface area (Å²) in [5.74, 6) is -0.335. The Labute approximate surface area is 159 Å². The van der Waals surface area contributed by atoms with E-state index < -0.39 is 5.97 Å². The van der Waals surface area contributed by atoms with E-state index in [1.807, 2.05) is 18.2 Å². The fourth-order valence-corrected chi connectivity index (χ4v) is 2.76. The number of aliphatic carboxylic acids is 1. The first-order chi connectivity index (χ1) is 12.4. The Balaban J connectivity index is 1.92. The molecule has 0 saturated carbocycles. The van der Waals surface area contributed by atoms with Crippen LogP contribution in [-0.4, -0.2) is 27.1 Å². The molecular weight excluding hydrogens is 377 g/mol. The first-order valence-electron chi connectivity index (χ1n) is 7.80. The summed E-state index contributed by atoms with van der Waals surface area (Å²) >= 11 is 12.2. The van der Waals surface area contributed by atoms with Crippen LogP contribution >= 0.6 is 23.2 Å². The molecule has 2 N–H and O–H groups in total. The summed E-state index contributed by atoms with van der Waals surface area (Å²) in [6.07, 6.45) is -0.0531. The van der Waals surface area contributed by atoms with Gasteiger partial charge in [0, 0.05) is 11.1 Å². The SMILES string of the molecule is CC(CC(=O)O)Nc1cc(Cl)ccc1Oc1nc2ccccc2nc1Cl. The number of halogens is 2. The van der Waals surface area contributed by atoms with E-state index in [1.165, 1.54) is 0 Å². The van der Waals surface area contributed by atoms with Gasteiger partial charge in [-0.15, -0.1) is 0 Å². The molecule has 0 spiro atoms. The third-order valence-corrected chi connectivity index (χ3v) is 4.01. The number of fused-ring (bicyclic) bond motifs is 1. The number of carboxylic acids is 1. The van der Waals surface area contributed by atoms with E-state index in [4.69, 9.17) is 33.0 Å². The number of hydrogen-bond donors (Lipinski definition) is 2. The summed E-state index contributed by atoms with van der Waals surface area (Å²) in [6.45, 7) is 1.75. The fourth-order valence-electron chi connectivity index (χ4n) is 2.41. The molecule has 134 valence electrons. The molecule has 2 aromatic carbocycles. The van der Waals surface area contributed by atoms with Crippen LogP contribution in [0.4, 0.5) is 5.69 Å². The van der Waals surface area contributed by atoms with Gasteiger partial charge in [-0.2, -0.15) is 0 Å². The van der Waals surface area contributed by atoms with Crippen LogP contribution in [0, 0.1) is 0 Å². The van der Waals surface area contributed by atoms with Crippen LogP contribution in [-0.2, 0) is 4.79 Å². The van der Waals surface area contributed by atoms with E-state index in [0.29, 0.717) is 27.5 Å². The number of para-hydroxylation sites is 2. The number of aromatic nitrogens is 2. The summed E-state index contributed by atoms with van der Waals surface area (Å²) in [6, 6.07) is 11.9. The fraction of sp³-hybridized carbons (Fsp3) is 0.167. The van der Waals surface area contributed by atoms with Crippen LogP contribution in [0.25, 0.3) is 11.0 Å². The molecule has 0 bridgehead atoms. The van der Waals surface area contributed by atoms with Crippen molar-refractivity contribution in [2.45, 2.75) is 19.4 Å². The van der Waals surface area contributed by atoms with E-state index >= 15 is 0 Å². The van der Waals surface area contributed by atoms with Crippen molar-refractivity contribution in [1.82, 2.24) is 9.97 Å². The van der Waals surface area contributed by atoms with Gasteiger partial charge in [0.2, 0.25) is 0 Å². The third-order valence-electron chi connectivity index (χ3n) is 3.53. The molecule has 6 nitrogen and oxygen atoms in total. The summed E-state index contributed by atoms with van der Waals surface area (Å²) < 4.78 is 5.84. The third kappa shape index (κ3) is 4.33. The summed E-state index contributed by atoms with van der Waals surface area (Å²) in [5.41, 5.74) is 1.85. The lowest BCUT2D eigenvalue weighted by molar-refractivity contribution is -0.137. The van der Waals surface area contributed by atoms with Gasteiger partial charge in [0.15, 0.2) is 10.9 Å². The lowest BCUT2D eigenvalue weighted by Crippen LogP contribution is -2.19. The minimum absolute atomic E-state index is 0.0531. The van der Waals surface area contributed by atoms with Crippen LogP contribution in [0.5, 0.6) is 11.6 Å². The van der Waals surface area contributed by atoms with Gasteiger partial charge in [0.1, 0.15) is 0 Å². The molecule has 3 rings (SSSR count). The largest absolute Gasteiger partial charge is 0.481 e. The van der Waals surface area contributed by atoms with E-state index in [0.717, 1.165) is 0 Å². The predicted octanol–water partition coefficient (Wildman–Crippen LogP) is 5.00. The zero-order valence-corrected chi connectivity index (χ0v) is 15.3. The number of benzene rings is 2. The highest BCUT2D eigenvalue weighted by atomic mass is 35.5. The van der Waals surface area contributed by atoms with E-state index in [1.54, 1.807) is 31.2 Å². The lowest BCUT2D eigenvalue weighted by Gasteiger charge is -2.17. The lowest BCUT2D eigenvalue weighted by atomic mass is 10.2. The molecule has 1 atom stereocenters. The zero-order chi connectivity index (χ0) is 18.7. The molecule has 1 heterocycles. The number of rotatable bonds is 6. The van der Waals surface area contributed by atoms with Gasteiger partial charge in [-0.3, -0.25) is 4.79 Å². The second kappa shape index (κ2) is 7.76. The standard InChI is InChI=1S/C18H15Cl2N3O3/c1-10(8-16(24)25)21-14-9-11(19)6-7-15(14)26-18-17(20)22-12-4-2-3-5-13(12)23-18/h2-7,9-10,21H,8H2,1H3,(H,24,25). The maximum absolute atomic E-state index is 10.9.